The molecule has 0 aromatic heterocycles. The molecule has 1 fully saturated rings. The molecular weight excluding hydrogens is 524 g/mol. The minimum Gasteiger partial charge on any atom is -0.368 e. The normalized spacial score (nSPS) is 20.5. The summed E-state index contributed by atoms with van der Waals surface area (Å²) in [6.45, 7) is 3.60. The minimum absolute atomic E-state index is 0.0278. The first-order valence-electron chi connectivity index (χ1n) is 11.2. The Bertz CT molecular complexity index is 1030. The van der Waals surface area contributed by atoms with Gasteiger partial charge in [0, 0.05) is 54.3 Å². The predicted octanol–water partition coefficient (Wildman–Crippen LogP) is 4.58. The van der Waals surface area contributed by atoms with Crippen LogP contribution in [0.1, 0.15) is 25.7 Å². The standard InChI is InChI=1S/C24H26BrClN4O2S/c25-17-8-9-21-20(15-17)23(32)30(24(33)27-21)10-3-1-2-7-22(31)29-13-11-28(12-14-29)19-6-4-5-18(26)16-19/h4-6,8-9,15-16,20H,1-3,7,10-14H2. The molecule has 0 N–H and O–H groups in total. The quantitative estimate of drug-likeness (QED) is 0.369. The Morgan fingerprint density at radius 1 is 1.15 bits per heavy atom. The highest BCUT2D eigenvalue weighted by atomic mass is 79.9. The summed E-state index contributed by atoms with van der Waals surface area (Å²) in [4.78, 5) is 35.7. The molecule has 1 aromatic carbocycles. The third-order valence-corrected chi connectivity index (χ3v) is 7.20. The van der Waals surface area contributed by atoms with Gasteiger partial charge in [-0.3, -0.25) is 14.5 Å². The molecule has 1 aliphatic carbocycles. The Morgan fingerprint density at radius 3 is 2.70 bits per heavy atom. The Hall–Kier alpha value is -2.03. The number of carbonyl (C=O) groups excluding carboxylic acids is 2. The van der Waals surface area contributed by atoms with Gasteiger partial charge < -0.3 is 9.80 Å². The van der Waals surface area contributed by atoms with Crippen molar-refractivity contribution in [3.05, 3.63) is 52.0 Å². The zero-order valence-electron chi connectivity index (χ0n) is 18.3. The summed E-state index contributed by atoms with van der Waals surface area (Å²) >= 11 is 14.9. The average Bonchev–Trinajstić information content (AvgIpc) is 2.81. The van der Waals surface area contributed by atoms with Crippen molar-refractivity contribution in [2.75, 3.05) is 37.6 Å². The molecule has 33 heavy (non-hydrogen) atoms. The molecule has 1 saturated heterocycles. The third kappa shape index (κ3) is 5.91. The van der Waals surface area contributed by atoms with Gasteiger partial charge in [0.2, 0.25) is 16.9 Å². The van der Waals surface area contributed by atoms with Gasteiger partial charge in [-0.05, 0) is 55.4 Å². The first kappa shape index (κ1) is 24.1. The van der Waals surface area contributed by atoms with E-state index in [1.165, 1.54) is 0 Å². The maximum absolute atomic E-state index is 12.8. The van der Waals surface area contributed by atoms with Crippen molar-refractivity contribution in [2.24, 2.45) is 10.9 Å². The number of amides is 2. The molecule has 2 heterocycles. The van der Waals surface area contributed by atoms with Crippen molar-refractivity contribution >= 4 is 68.1 Å². The fraction of sp³-hybridized carbons (Fsp3) is 0.417. The second-order valence-electron chi connectivity index (χ2n) is 8.33. The molecule has 0 bridgehead atoms. The van der Waals surface area contributed by atoms with Crippen molar-refractivity contribution in [2.45, 2.75) is 25.7 Å². The van der Waals surface area contributed by atoms with E-state index in [0.717, 1.165) is 60.6 Å². The Balaban J connectivity index is 1.17. The number of nitrogens with zero attached hydrogens (tertiary/aromatic N) is 4. The number of hydrogen-bond donors (Lipinski definition) is 0. The number of allylic oxidation sites excluding steroid dienone is 3. The van der Waals surface area contributed by atoms with E-state index >= 15 is 0 Å². The maximum atomic E-state index is 12.8. The number of hydrogen-bond acceptors (Lipinski definition) is 4. The number of unbranched alkanes of at least 4 members (excludes halogenated alkanes) is 2. The van der Waals surface area contributed by atoms with Gasteiger partial charge >= 0.3 is 0 Å². The highest BCUT2D eigenvalue weighted by Gasteiger charge is 2.34. The predicted molar refractivity (Wildman–Crippen MR) is 140 cm³/mol. The summed E-state index contributed by atoms with van der Waals surface area (Å²) < 4.78 is 0.875. The van der Waals surface area contributed by atoms with Gasteiger partial charge in [-0.15, -0.1) is 0 Å². The zero-order chi connectivity index (χ0) is 23.4. The second-order valence-corrected chi connectivity index (χ2v) is 10.0. The van der Waals surface area contributed by atoms with Crippen molar-refractivity contribution in [1.82, 2.24) is 9.80 Å². The number of fused-ring (bicyclic) bond motifs is 1. The van der Waals surface area contributed by atoms with Gasteiger partial charge in [0.05, 0.1) is 5.71 Å². The van der Waals surface area contributed by atoms with Gasteiger partial charge in [0.15, 0.2) is 0 Å². The molecule has 1 atom stereocenters. The number of anilines is 1. The van der Waals surface area contributed by atoms with Crippen LogP contribution in [0.3, 0.4) is 0 Å². The fourth-order valence-electron chi connectivity index (χ4n) is 4.28. The van der Waals surface area contributed by atoms with Crippen LogP contribution < -0.4 is 4.90 Å². The fourth-order valence-corrected chi connectivity index (χ4v) is 5.15. The summed E-state index contributed by atoms with van der Waals surface area (Å²) in [7, 11) is 0. The van der Waals surface area contributed by atoms with E-state index in [4.69, 9.17) is 23.8 Å². The molecule has 4 rings (SSSR count). The summed E-state index contributed by atoms with van der Waals surface area (Å²) in [5.74, 6) is -0.202. The summed E-state index contributed by atoms with van der Waals surface area (Å²) in [6, 6.07) is 7.83. The molecule has 0 spiro atoms. The number of rotatable bonds is 7. The van der Waals surface area contributed by atoms with Crippen molar-refractivity contribution in [1.29, 1.82) is 0 Å². The van der Waals surface area contributed by atoms with Crippen LogP contribution in [0.4, 0.5) is 5.69 Å². The smallest absolute Gasteiger partial charge is 0.241 e. The van der Waals surface area contributed by atoms with E-state index in [1.54, 1.807) is 4.90 Å². The Morgan fingerprint density at radius 2 is 1.94 bits per heavy atom. The summed E-state index contributed by atoms with van der Waals surface area (Å²) in [5, 5.41) is 1.06. The van der Waals surface area contributed by atoms with Crippen LogP contribution in [0, 0.1) is 5.92 Å². The molecule has 2 aliphatic heterocycles. The van der Waals surface area contributed by atoms with Crippen LogP contribution in [0.2, 0.25) is 5.02 Å². The third-order valence-electron chi connectivity index (χ3n) is 6.12. The van der Waals surface area contributed by atoms with Gasteiger partial charge in [0.25, 0.3) is 0 Å². The topological polar surface area (TPSA) is 56.2 Å². The number of carbonyl (C=O) groups is 2. The van der Waals surface area contributed by atoms with Crippen LogP contribution in [0.15, 0.2) is 52.0 Å². The molecule has 6 nitrogen and oxygen atoms in total. The van der Waals surface area contributed by atoms with E-state index in [0.29, 0.717) is 23.8 Å². The largest absolute Gasteiger partial charge is 0.368 e. The molecule has 2 amide bonds. The minimum atomic E-state index is -0.372. The highest BCUT2D eigenvalue weighted by Crippen LogP contribution is 2.25. The van der Waals surface area contributed by atoms with Crippen molar-refractivity contribution in [3.63, 3.8) is 0 Å². The van der Waals surface area contributed by atoms with Crippen molar-refractivity contribution in [3.8, 4) is 0 Å². The van der Waals surface area contributed by atoms with Gasteiger partial charge in [-0.1, -0.05) is 46.1 Å². The summed E-state index contributed by atoms with van der Waals surface area (Å²) in [5.41, 5.74) is 1.80. The van der Waals surface area contributed by atoms with E-state index in [9.17, 15) is 9.59 Å². The number of halogens is 2. The van der Waals surface area contributed by atoms with Gasteiger partial charge in [-0.25, -0.2) is 4.99 Å². The number of aliphatic imine (C=N–C) groups is 1. The monoisotopic (exact) mass is 548 g/mol. The molecule has 174 valence electrons. The van der Waals surface area contributed by atoms with Gasteiger partial charge in [-0.2, -0.15) is 0 Å². The molecule has 1 unspecified atom stereocenters. The molecule has 3 aliphatic rings. The number of piperazine rings is 1. The van der Waals surface area contributed by atoms with Crippen LogP contribution in [-0.2, 0) is 9.59 Å². The first-order chi connectivity index (χ1) is 15.9. The SMILES string of the molecule is O=C(CCCCCN1C(=O)C2C=C(Br)C=CC2=NC1=S)N1CCN(c2cccc(Cl)c2)CC1. The van der Waals surface area contributed by atoms with E-state index in [1.807, 2.05) is 47.4 Å². The molecule has 9 heteroatoms. The van der Waals surface area contributed by atoms with Crippen LogP contribution in [-0.4, -0.2) is 65.2 Å². The number of benzene rings is 1. The summed E-state index contributed by atoms with van der Waals surface area (Å²) in [6.07, 6.45) is 8.54. The van der Waals surface area contributed by atoms with E-state index < -0.39 is 0 Å². The van der Waals surface area contributed by atoms with Crippen LogP contribution in [0.25, 0.3) is 0 Å². The molecule has 0 radical (unpaired) electrons. The molecule has 1 aromatic rings. The lowest BCUT2D eigenvalue weighted by Gasteiger charge is -2.36. The number of thiocarbonyl (C=S) groups is 1. The lowest BCUT2D eigenvalue weighted by molar-refractivity contribution is -0.132. The Labute approximate surface area is 213 Å². The van der Waals surface area contributed by atoms with E-state index in [-0.39, 0.29) is 17.7 Å². The average molecular weight is 550 g/mol. The second kappa shape index (κ2) is 10.9. The zero-order valence-corrected chi connectivity index (χ0v) is 21.4. The van der Waals surface area contributed by atoms with Crippen LogP contribution >= 0.6 is 39.7 Å². The first-order valence-corrected chi connectivity index (χ1v) is 12.8. The van der Waals surface area contributed by atoms with Gasteiger partial charge in [0.1, 0.15) is 5.92 Å². The van der Waals surface area contributed by atoms with E-state index in [2.05, 4.69) is 25.8 Å². The Kier molecular flexibility index (Phi) is 7.98. The van der Waals surface area contributed by atoms with Crippen molar-refractivity contribution < 1.29 is 9.59 Å². The molecule has 0 saturated carbocycles. The highest BCUT2D eigenvalue weighted by molar-refractivity contribution is 9.11. The lowest BCUT2D eigenvalue weighted by atomic mass is 9.95. The lowest BCUT2D eigenvalue weighted by Crippen LogP contribution is -2.48. The van der Waals surface area contributed by atoms with Crippen LogP contribution in [0.5, 0.6) is 0 Å². The molecular formula is C24H26BrClN4O2S. The maximum Gasteiger partial charge on any atom is 0.241 e.